The lowest BCUT2D eigenvalue weighted by Gasteiger charge is -2.40. The molecule has 1 unspecified atom stereocenters. The quantitative estimate of drug-likeness (QED) is 0.716. The molecule has 2 bridgehead atoms. The summed E-state index contributed by atoms with van der Waals surface area (Å²) in [5.41, 5.74) is 4.30. The second-order valence-corrected chi connectivity index (χ2v) is 8.56. The van der Waals surface area contributed by atoms with E-state index in [0.717, 1.165) is 55.1 Å². The van der Waals surface area contributed by atoms with Crippen molar-refractivity contribution in [1.82, 2.24) is 4.57 Å². The highest BCUT2D eigenvalue weighted by molar-refractivity contribution is 5.66. The molecule has 1 fully saturated rings. The van der Waals surface area contributed by atoms with Gasteiger partial charge in [-0.15, -0.1) is 0 Å². The van der Waals surface area contributed by atoms with Gasteiger partial charge >= 0.3 is 0 Å². The summed E-state index contributed by atoms with van der Waals surface area (Å²) in [5.74, 6) is 2.46. The Morgan fingerprint density at radius 2 is 1.90 bits per heavy atom. The van der Waals surface area contributed by atoms with Gasteiger partial charge in [-0.05, 0) is 48.7 Å². The third kappa shape index (κ3) is 3.34. The predicted octanol–water partition coefficient (Wildman–Crippen LogP) is 2.11. The molecule has 3 atom stereocenters. The zero-order valence-electron chi connectivity index (χ0n) is 16.7. The SMILES string of the molecule is Cc1ccccc1-c1ccc2n(c1=O)C[C@H]1C[C@@H]2C[NH+](Cc2ccc(CO)o2)C1. The van der Waals surface area contributed by atoms with E-state index < -0.39 is 0 Å². The molecule has 0 radical (unpaired) electrons. The van der Waals surface area contributed by atoms with Crippen molar-refractivity contribution in [1.29, 1.82) is 0 Å². The van der Waals surface area contributed by atoms with E-state index in [4.69, 9.17) is 4.42 Å². The molecule has 2 N–H and O–H groups in total. The summed E-state index contributed by atoms with van der Waals surface area (Å²) >= 11 is 0. The Hall–Kier alpha value is -2.63. The minimum absolute atomic E-state index is 0.0555. The van der Waals surface area contributed by atoms with Crippen LogP contribution in [0.4, 0.5) is 0 Å². The van der Waals surface area contributed by atoms with E-state index in [1.807, 2.05) is 41.0 Å². The lowest BCUT2D eigenvalue weighted by molar-refractivity contribution is -0.925. The molecule has 2 aliphatic heterocycles. The molecule has 3 aromatic rings. The molecule has 5 heteroatoms. The molecule has 2 aliphatic rings. The number of hydrogen-bond acceptors (Lipinski definition) is 3. The molecule has 0 amide bonds. The highest BCUT2D eigenvalue weighted by atomic mass is 16.4. The van der Waals surface area contributed by atoms with Gasteiger partial charge < -0.3 is 19.0 Å². The first-order valence-corrected chi connectivity index (χ1v) is 10.4. The van der Waals surface area contributed by atoms with E-state index >= 15 is 0 Å². The number of likely N-dealkylation sites (tertiary alicyclic amines) is 1. The first kappa shape index (κ1) is 18.4. The van der Waals surface area contributed by atoms with Gasteiger partial charge in [0.25, 0.3) is 5.56 Å². The number of nitrogens with zero attached hydrogens (tertiary/aromatic N) is 1. The van der Waals surface area contributed by atoms with E-state index in [0.29, 0.717) is 17.6 Å². The smallest absolute Gasteiger partial charge is 0.258 e. The van der Waals surface area contributed by atoms with Crippen molar-refractivity contribution in [3.05, 3.63) is 81.7 Å². The third-order valence-electron chi connectivity index (χ3n) is 6.53. The van der Waals surface area contributed by atoms with E-state index in [1.165, 1.54) is 10.6 Å². The lowest BCUT2D eigenvalue weighted by Crippen LogP contribution is -3.13. The molecular weight excluding hydrogens is 364 g/mol. The lowest BCUT2D eigenvalue weighted by atomic mass is 9.82. The summed E-state index contributed by atoms with van der Waals surface area (Å²) in [7, 11) is 0. The summed E-state index contributed by atoms with van der Waals surface area (Å²) in [6, 6.07) is 16.1. The number of hydrogen-bond donors (Lipinski definition) is 2. The number of benzene rings is 1. The second-order valence-electron chi connectivity index (χ2n) is 8.56. The second kappa shape index (κ2) is 7.32. The van der Waals surface area contributed by atoms with Crippen LogP contribution in [-0.4, -0.2) is 22.8 Å². The van der Waals surface area contributed by atoms with Crippen LogP contribution < -0.4 is 10.5 Å². The van der Waals surface area contributed by atoms with Gasteiger partial charge in [-0.1, -0.05) is 24.3 Å². The fourth-order valence-electron chi connectivity index (χ4n) is 5.24. The minimum atomic E-state index is -0.0555. The number of aliphatic hydroxyl groups excluding tert-OH is 1. The van der Waals surface area contributed by atoms with Crippen molar-refractivity contribution in [2.24, 2.45) is 5.92 Å². The number of quaternary nitrogens is 1. The zero-order chi connectivity index (χ0) is 20.0. The number of furan rings is 1. The number of rotatable bonds is 4. The van der Waals surface area contributed by atoms with Crippen LogP contribution in [-0.2, 0) is 19.7 Å². The summed E-state index contributed by atoms with van der Waals surface area (Å²) in [6.07, 6.45) is 1.16. The maximum Gasteiger partial charge on any atom is 0.258 e. The number of aryl methyl sites for hydroxylation is 1. The highest BCUT2D eigenvalue weighted by Crippen LogP contribution is 2.32. The number of aromatic nitrogens is 1. The van der Waals surface area contributed by atoms with Crippen molar-refractivity contribution in [2.45, 2.75) is 39.0 Å². The van der Waals surface area contributed by atoms with Gasteiger partial charge in [0.05, 0.1) is 13.1 Å². The summed E-state index contributed by atoms with van der Waals surface area (Å²) in [5, 5.41) is 9.21. The minimum Gasteiger partial charge on any atom is -0.458 e. The van der Waals surface area contributed by atoms with Crippen molar-refractivity contribution in [3.8, 4) is 11.1 Å². The molecule has 0 aliphatic carbocycles. The Bertz CT molecular complexity index is 1100. The molecule has 5 rings (SSSR count). The fraction of sp³-hybridized carbons (Fsp3) is 0.375. The van der Waals surface area contributed by atoms with Crippen molar-refractivity contribution >= 4 is 0 Å². The van der Waals surface area contributed by atoms with Crippen molar-refractivity contribution in [2.75, 3.05) is 13.1 Å². The molecular formula is C24H27N2O3+. The van der Waals surface area contributed by atoms with Crippen LogP contribution in [0.1, 0.15) is 35.1 Å². The van der Waals surface area contributed by atoms with E-state index in [-0.39, 0.29) is 12.2 Å². The number of fused-ring (bicyclic) bond motifs is 4. The first-order valence-electron chi connectivity index (χ1n) is 10.4. The molecule has 5 nitrogen and oxygen atoms in total. The van der Waals surface area contributed by atoms with Gasteiger partial charge in [-0.2, -0.15) is 0 Å². The van der Waals surface area contributed by atoms with E-state index in [9.17, 15) is 9.90 Å². The van der Waals surface area contributed by atoms with Gasteiger partial charge in [-0.25, -0.2) is 0 Å². The van der Waals surface area contributed by atoms with E-state index in [2.05, 4.69) is 19.1 Å². The topological polar surface area (TPSA) is 59.8 Å². The van der Waals surface area contributed by atoms with Crippen LogP contribution in [0.3, 0.4) is 0 Å². The largest absolute Gasteiger partial charge is 0.458 e. The van der Waals surface area contributed by atoms with Crippen LogP contribution in [0.5, 0.6) is 0 Å². The molecule has 1 aromatic carbocycles. The summed E-state index contributed by atoms with van der Waals surface area (Å²) < 4.78 is 7.73. The molecule has 150 valence electrons. The summed E-state index contributed by atoms with van der Waals surface area (Å²) in [6.45, 7) is 5.69. The first-order chi connectivity index (χ1) is 14.1. The Kier molecular flexibility index (Phi) is 4.64. The fourth-order valence-corrected chi connectivity index (χ4v) is 5.24. The number of nitrogens with one attached hydrogen (secondary N) is 1. The third-order valence-corrected chi connectivity index (χ3v) is 6.53. The molecule has 4 heterocycles. The maximum atomic E-state index is 13.3. The van der Waals surface area contributed by atoms with Crippen LogP contribution in [0, 0.1) is 12.8 Å². The zero-order valence-corrected chi connectivity index (χ0v) is 16.7. The Balaban J connectivity index is 1.43. The standard InChI is InChI=1S/C24H26N2O3/c1-16-4-2-3-5-21(16)22-8-9-23-18-10-17(12-26(23)24(22)28)11-25(13-18)14-19-6-7-20(15-27)29-19/h2-9,17-18,27H,10-15H2,1H3/p+1/t17-,18+/m0/s1. The average Bonchev–Trinajstić information content (AvgIpc) is 3.17. The molecule has 1 saturated heterocycles. The number of pyridine rings is 1. The van der Waals surface area contributed by atoms with Gasteiger partial charge in [0.15, 0.2) is 5.76 Å². The maximum absolute atomic E-state index is 13.3. The predicted molar refractivity (Wildman–Crippen MR) is 111 cm³/mol. The van der Waals surface area contributed by atoms with Gasteiger partial charge in [0.1, 0.15) is 18.9 Å². The number of aliphatic hydroxyl groups is 1. The Labute approximate surface area is 170 Å². The molecule has 29 heavy (non-hydrogen) atoms. The van der Waals surface area contributed by atoms with Gasteiger partial charge in [-0.3, -0.25) is 4.79 Å². The molecule has 0 spiro atoms. The van der Waals surface area contributed by atoms with Crippen molar-refractivity contribution in [3.63, 3.8) is 0 Å². The normalized spacial score (nSPS) is 23.0. The molecule has 2 aromatic heterocycles. The van der Waals surface area contributed by atoms with Gasteiger partial charge in [0.2, 0.25) is 0 Å². The van der Waals surface area contributed by atoms with Gasteiger partial charge in [0, 0.05) is 29.6 Å². The highest BCUT2D eigenvalue weighted by Gasteiger charge is 2.37. The van der Waals surface area contributed by atoms with Crippen molar-refractivity contribution < 1.29 is 14.4 Å². The van der Waals surface area contributed by atoms with E-state index in [1.54, 1.807) is 0 Å². The Morgan fingerprint density at radius 3 is 2.69 bits per heavy atom. The number of piperidine rings is 1. The molecule has 0 saturated carbocycles. The average molecular weight is 391 g/mol. The van der Waals surface area contributed by atoms with Crippen LogP contribution >= 0.6 is 0 Å². The summed E-state index contributed by atoms with van der Waals surface area (Å²) in [4.78, 5) is 14.8. The Morgan fingerprint density at radius 1 is 1.07 bits per heavy atom. The van der Waals surface area contributed by atoms with Crippen LogP contribution in [0.25, 0.3) is 11.1 Å². The van der Waals surface area contributed by atoms with Crippen LogP contribution in [0.2, 0.25) is 0 Å². The van der Waals surface area contributed by atoms with Crippen LogP contribution in [0.15, 0.2) is 57.7 Å². The monoisotopic (exact) mass is 391 g/mol.